The molecule has 2 atom stereocenters. The maximum absolute atomic E-state index is 13.8. The van der Waals surface area contributed by atoms with Gasteiger partial charge in [0.2, 0.25) is 0 Å². The van der Waals surface area contributed by atoms with Crippen LogP contribution >= 0.6 is 11.8 Å². The molecule has 6 heteroatoms. The highest BCUT2D eigenvalue weighted by atomic mass is 32.2. The minimum absolute atomic E-state index is 0.0451. The second-order valence-corrected chi connectivity index (χ2v) is 9.96. The molecule has 1 amide bonds. The van der Waals surface area contributed by atoms with Crippen LogP contribution in [0.5, 0.6) is 0 Å². The van der Waals surface area contributed by atoms with Gasteiger partial charge in [0, 0.05) is 58.9 Å². The fourth-order valence-corrected chi connectivity index (χ4v) is 6.24. The van der Waals surface area contributed by atoms with Gasteiger partial charge in [-0.1, -0.05) is 42.5 Å². The van der Waals surface area contributed by atoms with Crippen LogP contribution in [0.1, 0.15) is 34.2 Å². The molecule has 4 heterocycles. The molecule has 5 nitrogen and oxygen atoms in total. The molecule has 0 saturated carbocycles. The molecule has 33 heavy (non-hydrogen) atoms. The zero-order valence-corrected chi connectivity index (χ0v) is 19.0. The molecule has 0 aliphatic carbocycles. The maximum Gasteiger partial charge on any atom is 0.289 e. The van der Waals surface area contributed by atoms with E-state index in [0.717, 1.165) is 33.5 Å². The van der Waals surface area contributed by atoms with Crippen LogP contribution in [-0.2, 0) is 12.3 Å². The summed E-state index contributed by atoms with van der Waals surface area (Å²) in [6.45, 7) is 1.94. The van der Waals surface area contributed by atoms with Crippen molar-refractivity contribution in [2.45, 2.75) is 29.5 Å². The Bertz CT molecular complexity index is 1390. The number of hydrogen-bond acceptors (Lipinski definition) is 4. The molecule has 2 aromatic carbocycles. The van der Waals surface area contributed by atoms with Crippen LogP contribution in [0.3, 0.4) is 0 Å². The molecule has 6 rings (SSSR count). The lowest BCUT2D eigenvalue weighted by atomic mass is 9.83. The maximum atomic E-state index is 13.8. The molecule has 2 bridgehead atoms. The van der Waals surface area contributed by atoms with Gasteiger partial charge in [0.1, 0.15) is 5.58 Å². The summed E-state index contributed by atoms with van der Waals surface area (Å²) in [5, 5.41) is 0.999. The molecule has 4 aromatic rings. The van der Waals surface area contributed by atoms with Crippen molar-refractivity contribution in [1.82, 2.24) is 9.47 Å². The topological polar surface area (TPSA) is 55.5 Å². The van der Waals surface area contributed by atoms with Crippen LogP contribution in [0.2, 0.25) is 0 Å². The number of para-hydroxylation sites is 1. The van der Waals surface area contributed by atoms with Crippen LogP contribution in [0.25, 0.3) is 11.0 Å². The first-order valence-electron chi connectivity index (χ1n) is 11.3. The number of hydrogen-bond donors (Lipinski definition) is 0. The number of piperidine rings is 1. The van der Waals surface area contributed by atoms with E-state index in [1.54, 1.807) is 17.8 Å². The van der Waals surface area contributed by atoms with E-state index in [1.807, 2.05) is 64.1 Å². The Kier molecular flexibility index (Phi) is 5.10. The molecule has 1 fully saturated rings. The Hall–Kier alpha value is -3.25. The van der Waals surface area contributed by atoms with Crippen molar-refractivity contribution in [3.05, 3.63) is 100 Å². The van der Waals surface area contributed by atoms with Gasteiger partial charge in [-0.2, -0.15) is 0 Å². The Morgan fingerprint density at radius 1 is 0.939 bits per heavy atom. The quantitative estimate of drug-likeness (QED) is 0.399. The van der Waals surface area contributed by atoms with Gasteiger partial charge in [-0.3, -0.25) is 9.59 Å². The number of likely N-dealkylation sites (tertiary alicyclic amines) is 1. The number of benzene rings is 2. The third kappa shape index (κ3) is 3.68. The highest BCUT2D eigenvalue weighted by molar-refractivity contribution is 7.98. The van der Waals surface area contributed by atoms with Crippen LogP contribution < -0.4 is 5.56 Å². The van der Waals surface area contributed by atoms with Gasteiger partial charge in [-0.05, 0) is 36.6 Å². The Balaban J connectivity index is 1.32. The number of thioether (sulfide) groups is 1. The summed E-state index contributed by atoms with van der Waals surface area (Å²) < 4.78 is 8.05. The number of pyridine rings is 1. The molecular weight excluding hydrogens is 432 g/mol. The number of carbonyl (C=O) groups excluding carboxylic acids is 1. The molecule has 0 radical (unpaired) electrons. The smallest absolute Gasteiger partial charge is 0.289 e. The molecule has 2 unspecified atom stereocenters. The fraction of sp³-hybridized carbons (Fsp3) is 0.259. The van der Waals surface area contributed by atoms with E-state index < -0.39 is 0 Å². The Morgan fingerprint density at radius 2 is 1.76 bits per heavy atom. The zero-order chi connectivity index (χ0) is 22.4. The average molecular weight is 457 g/mol. The molecule has 2 aromatic heterocycles. The van der Waals surface area contributed by atoms with E-state index in [4.69, 9.17) is 4.42 Å². The summed E-state index contributed by atoms with van der Waals surface area (Å²) >= 11 is 1.71. The third-order valence-corrected chi connectivity index (χ3v) is 7.82. The van der Waals surface area contributed by atoms with E-state index in [0.29, 0.717) is 31.1 Å². The van der Waals surface area contributed by atoms with Crippen molar-refractivity contribution in [1.29, 1.82) is 0 Å². The van der Waals surface area contributed by atoms with E-state index in [2.05, 4.69) is 12.1 Å². The van der Waals surface area contributed by atoms with Crippen LogP contribution in [0.15, 0.2) is 86.9 Å². The van der Waals surface area contributed by atoms with Gasteiger partial charge in [-0.15, -0.1) is 11.8 Å². The first kappa shape index (κ1) is 20.4. The lowest BCUT2D eigenvalue weighted by Crippen LogP contribution is -2.49. The Labute approximate surface area is 196 Å². The monoisotopic (exact) mass is 456 g/mol. The summed E-state index contributed by atoms with van der Waals surface area (Å²) in [7, 11) is 0. The van der Waals surface area contributed by atoms with E-state index in [1.165, 1.54) is 0 Å². The standard InChI is InChI=1S/C27H24N2O3S/c30-25-12-6-10-23-19-13-18(15-29(23)25)14-28(16-19)27(31)26-22(17-33-20-7-2-1-3-8-20)21-9-4-5-11-24(21)32-26/h1-12,18-19H,13-17H2. The second kappa shape index (κ2) is 8.27. The van der Waals surface area contributed by atoms with Crippen molar-refractivity contribution in [2.75, 3.05) is 13.1 Å². The number of rotatable bonds is 4. The summed E-state index contributed by atoms with van der Waals surface area (Å²) in [6, 6.07) is 23.6. The largest absolute Gasteiger partial charge is 0.451 e. The van der Waals surface area contributed by atoms with E-state index in [9.17, 15) is 9.59 Å². The first-order valence-corrected chi connectivity index (χ1v) is 12.3. The van der Waals surface area contributed by atoms with Gasteiger partial charge in [-0.25, -0.2) is 0 Å². The third-order valence-electron chi connectivity index (χ3n) is 6.79. The number of aromatic nitrogens is 1. The summed E-state index contributed by atoms with van der Waals surface area (Å²) in [6.07, 6.45) is 1.02. The lowest BCUT2D eigenvalue weighted by molar-refractivity contribution is 0.0565. The predicted octanol–water partition coefficient (Wildman–Crippen LogP) is 5.15. The molecule has 166 valence electrons. The molecule has 2 aliphatic rings. The highest BCUT2D eigenvalue weighted by Gasteiger charge is 2.38. The van der Waals surface area contributed by atoms with Crippen molar-refractivity contribution < 1.29 is 9.21 Å². The van der Waals surface area contributed by atoms with E-state index >= 15 is 0 Å². The summed E-state index contributed by atoms with van der Waals surface area (Å²) in [5.74, 6) is 1.54. The van der Waals surface area contributed by atoms with Crippen LogP contribution in [-0.4, -0.2) is 28.5 Å². The second-order valence-electron chi connectivity index (χ2n) is 8.92. The highest BCUT2D eigenvalue weighted by Crippen LogP contribution is 2.37. The van der Waals surface area contributed by atoms with E-state index in [-0.39, 0.29) is 23.3 Å². The number of nitrogens with zero attached hydrogens (tertiary/aromatic N) is 2. The van der Waals surface area contributed by atoms with Gasteiger partial charge < -0.3 is 13.9 Å². The van der Waals surface area contributed by atoms with Crippen LogP contribution in [0, 0.1) is 5.92 Å². The molecule has 0 N–H and O–H groups in total. The van der Waals surface area contributed by atoms with Crippen molar-refractivity contribution in [2.24, 2.45) is 5.92 Å². The zero-order valence-electron chi connectivity index (χ0n) is 18.1. The molecule has 1 saturated heterocycles. The molecule has 0 spiro atoms. The van der Waals surface area contributed by atoms with Crippen molar-refractivity contribution in [3.63, 3.8) is 0 Å². The minimum Gasteiger partial charge on any atom is -0.451 e. The van der Waals surface area contributed by atoms with Gasteiger partial charge >= 0.3 is 0 Å². The van der Waals surface area contributed by atoms with Gasteiger partial charge in [0.25, 0.3) is 11.5 Å². The first-order chi connectivity index (χ1) is 16.2. The Morgan fingerprint density at radius 3 is 2.64 bits per heavy atom. The molecule has 2 aliphatic heterocycles. The van der Waals surface area contributed by atoms with Crippen molar-refractivity contribution in [3.8, 4) is 0 Å². The number of amides is 1. The molecular formula is C27H24N2O3S. The fourth-order valence-electron chi connectivity index (χ4n) is 5.29. The van der Waals surface area contributed by atoms with Crippen molar-refractivity contribution >= 4 is 28.6 Å². The van der Waals surface area contributed by atoms with Crippen LogP contribution in [0.4, 0.5) is 0 Å². The number of furan rings is 1. The SMILES string of the molecule is O=C(c1oc2ccccc2c1CSc1ccccc1)N1CC2CC(C1)c1cccc(=O)n1C2. The predicted molar refractivity (Wildman–Crippen MR) is 130 cm³/mol. The lowest BCUT2D eigenvalue weighted by Gasteiger charge is -2.42. The van der Waals surface area contributed by atoms with Gasteiger partial charge in [0.15, 0.2) is 5.76 Å². The minimum atomic E-state index is -0.0451. The normalized spacial score (nSPS) is 19.5. The number of carbonyl (C=O) groups is 1. The average Bonchev–Trinajstić information content (AvgIpc) is 3.22. The number of fused-ring (bicyclic) bond motifs is 5. The summed E-state index contributed by atoms with van der Waals surface area (Å²) in [4.78, 5) is 29.2. The summed E-state index contributed by atoms with van der Waals surface area (Å²) in [5.41, 5.74) is 2.80. The van der Waals surface area contributed by atoms with Gasteiger partial charge in [0.05, 0.1) is 0 Å².